The van der Waals surface area contributed by atoms with Gasteiger partial charge in [0.05, 0.1) is 28.8 Å². The van der Waals surface area contributed by atoms with Gasteiger partial charge in [0.25, 0.3) is 0 Å². The molecule has 6 nitrogen and oxygen atoms in total. The van der Waals surface area contributed by atoms with Gasteiger partial charge < -0.3 is 19.6 Å². The summed E-state index contributed by atoms with van der Waals surface area (Å²) in [5.74, 6) is 0. The Morgan fingerprint density at radius 2 is 1.47 bits per heavy atom. The highest BCUT2D eigenvalue weighted by Gasteiger charge is 2.23. The summed E-state index contributed by atoms with van der Waals surface area (Å²) >= 11 is 0. The molecule has 2 atom stereocenters. The number of ether oxygens (including phenoxy) is 1. The molecule has 0 amide bonds. The van der Waals surface area contributed by atoms with E-state index in [1.165, 1.54) is 0 Å². The lowest BCUT2D eigenvalue weighted by molar-refractivity contribution is -0.00472. The average molecular weight is 448 g/mol. The van der Waals surface area contributed by atoms with Crippen LogP contribution in [0.25, 0.3) is 46.4 Å². The fourth-order valence-corrected chi connectivity index (χ4v) is 4.53. The normalized spacial score (nSPS) is 17.5. The van der Waals surface area contributed by atoms with E-state index in [9.17, 15) is 0 Å². The summed E-state index contributed by atoms with van der Waals surface area (Å²) in [5.41, 5.74) is 8.83. The molecule has 0 saturated heterocycles. The molecule has 3 aliphatic heterocycles. The van der Waals surface area contributed by atoms with Crippen LogP contribution in [0.4, 0.5) is 0 Å². The summed E-state index contributed by atoms with van der Waals surface area (Å²) < 4.78 is 5.65. The number of aromatic amines is 2. The van der Waals surface area contributed by atoms with Gasteiger partial charge in [-0.1, -0.05) is 12.2 Å². The first-order chi connectivity index (χ1) is 16.6. The van der Waals surface area contributed by atoms with Crippen LogP contribution in [-0.4, -0.2) is 38.2 Å². The summed E-state index contributed by atoms with van der Waals surface area (Å²) in [6.07, 6.45) is 16.4. The molecule has 0 saturated carbocycles. The Kier molecular flexibility index (Phi) is 5.00. The van der Waals surface area contributed by atoms with Crippen LogP contribution in [0, 0.1) is 0 Å². The topological polar surface area (TPSA) is 69.8 Å². The van der Waals surface area contributed by atoms with Crippen molar-refractivity contribution in [3.05, 3.63) is 95.2 Å². The van der Waals surface area contributed by atoms with Gasteiger partial charge in [0.2, 0.25) is 0 Å². The van der Waals surface area contributed by atoms with E-state index in [4.69, 9.17) is 14.7 Å². The van der Waals surface area contributed by atoms with Gasteiger partial charge in [-0.15, -0.1) is 0 Å². The zero-order chi connectivity index (χ0) is 23.1. The first-order valence-electron chi connectivity index (χ1n) is 11.4. The van der Waals surface area contributed by atoms with E-state index < -0.39 is 0 Å². The third kappa shape index (κ3) is 3.89. The van der Waals surface area contributed by atoms with Crippen molar-refractivity contribution in [2.75, 3.05) is 7.11 Å². The molecule has 0 fully saturated rings. The first-order valence-corrected chi connectivity index (χ1v) is 11.4. The lowest BCUT2D eigenvalue weighted by atomic mass is 10.0. The Hall–Kier alpha value is -4.16. The van der Waals surface area contributed by atoms with Crippen molar-refractivity contribution < 1.29 is 4.74 Å². The number of allylic oxidation sites excluding steroid dienone is 2. The van der Waals surface area contributed by atoms with Gasteiger partial charge >= 0.3 is 0 Å². The van der Waals surface area contributed by atoms with Gasteiger partial charge in [-0.05, 0) is 79.8 Å². The number of hydrogen-bond acceptors (Lipinski definition) is 4. The zero-order valence-electron chi connectivity index (χ0n) is 19.1. The van der Waals surface area contributed by atoms with Crippen molar-refractivity contribution in [2.24, 2.45) is 0 Å². The smallest absolute Gasteiger partial charge is 0.127 e. The molecule has 0 spiro atoms. The van der Waals surface area contributed by atoms with Crippen LogP contribution in [0.1, 0.15) is 41.3 Å². The lowest BCUT2D eigenvalue weighted by Crippen LogP contribution is -2.33. The molecule has 3 aromatic heterocycles. The van der Waals surface area contributed by atoms with Crippen molar-refractivity contribution in [3.63, 3.8) is 0 Å². The van der Waals surface area contributed by atoms with Gasteiger partial charge in [-0.2, -0.15) is 0 Å². The molecule has 34 heavy (non-hydrogen) atoms. The molecule has 2 unspecified atom stereocenters. The monoisotopic (exact) mass is 447 g/mol. The molecule has 8 bridgehead atoms. The van der Waals surface area contributed by atoms with E-state index in [-0.39, 0.29) is 12.3 Å². The number of H-pyrrole nitrogens is 2. The first kappa shape index (κ1) is 20.4. The number of aromatic nitrogens is 4. The summed E-state index contributed by atoms with van der Waals surface area (Å²) in [6, 6.07) is 14.7. The Morgan fingerprint density at radius 1 is 0.794 bits per heavy atom. The minimum absolute atomic E-state index is 0.0341. The van der Waals surface area contributed by atoms with Crippen LogP contribution >= 0.6 is 0 Å². The van der Waals surface area contributed by atoms with Gasteiger partial charge in [-0.3, -0.25) is 0 Å². The van der Waals surface area contributed by atoms with E-state index >= 15 is 0 Å². The quantitative estimate of drug-likeness (QED) is 0.352. The Morgan fingerprint density at radius 3 is 2.21 bits per heavy atom. The highest BCUT2D eigenvalue weighted by atomic mass is 16.5. The predicted molar refractivity (Wildman–Crippen MR) is 138 cm³/mol. The number of nitrogens with zero attached hydrogens (tertiary/aromatic N) is 3. The molecule has 3 aromatic rings. The zero-order valence-corrected chi connectivity index (χ0v) is 19.1. The molecule has 3 aliphatic rings. The maximum Gasteiger partial charge on any atom is 0.127 e. The maximum absolute atomic E-state index is 5.65. The van der Waals surface area contributed by atoms with Gasteiger partial charge in [0.1, 0.15) is 6.23 Å². The molecule has 6 heteroatoms. The number of nitrogens with one attached hydrogen (secondary N) is 2. The Labute approximate surface area is 197 Å². The SMILES string of the molecule is COC(C)N1C=CC=CC1c1cc2cc3ccc(cc4nc(cc5nc(cc1[nH]2)C=C5)C=C4)[nH]3. The summed E-state index contributed by atoms with van der Waals surface area (Å²) in [6.45, 7) is 2.06. The maximum atomic E-state index is 5.65. The number of hydrogen-bond donors (Lipinski definition) is 2. The van der Waals surface area contributed by atoms with E-state index in [0.717, 1.165) is 50.4 Å². The Balaban J connectivity index is 1.60. The number of rotatable bonds is 3. The van der Waals surface area contributed by atoms with E-state index in [2.05, 4.69) is 70.5 Å². The van der Waals surface area contributed by atoms with Crippen LogP contribution in [-0.2, 0) is 4.74 Å². The Bertz CT molecular complexity index is 1540. The van der Waals surface area contributed by atoms with Crippen molar-refractivity contribution in [1.29, 1.82) is 0 Å². The molecular weight excluding hydrogens is 422 g/mol. The highest BCUT2D eigenvalue weighted by molar-refractivity contribution is 5.78. The van der Waals surface area contributed by atoms with Crippen molar-refractivity contribution in [1.82, 2.24) is 24.8 Å². The minimum Gasteiger partial charge on any atom is -0.362 e. The van der Waals surface area contributed by atoms with Crippen LogP contribution < -0.4 is 0 Å². The lowest BCUT2D eigenvalue weighted by Gasteiger charge is -2.34. The average Bonchev–Trinajstić information content (AvgIpc) is 3.64. The van der Waals surface area contributed by atoms with Crippen molar-refractivity contribution in [3.8, 4) is 0 Å². The second-order valence-corrected chi connectivity index (χ2v) is 8.58. The third-order valence-corrected chi connectivity index (χ3v) is 6.26. The standard InChI is InChI=1S/C28H25N5O/c1-18(34-2)33-12-4-3-5-28(33)26-16-25-15-23-9-8-21(30-23)13-19-6-7-20(29-19)14-22-10-11-24(31-22)17-27(26)32-25/h3-18,28,30,32H,1-2H3. The minimum atomic E-state index is -0.0653. The molecule has 168 valence electrons. The van der Waals surface area contributed by atoms with Crippen LogP contribution in [0.5, 0.6) is 0 Å². The van der Waals surface area contributed by atoms with E-state index in [0.29, 0.717) is 0 Å². The third-order valence-electron chi connectivity index (χ3n) is 6.26. The molecule has 0 aliphatic carbocycles. The van der Waals surface area contributed by atoms with Crippen molar-refractivity contribution >= 4 is 46.4 Å². The predicted octanol–water partition coefficient (Wildman–Crippen LogP) is 6.07. The molecular formula is C28H25N5O. The van der Waals surface area contributed by atoms with Crippen molar-refractivity contribution in [2.45, 2.75) is 19.2 Å². The van der Waals surface area contributed by atoms with Crippen LogP contribution in [0.3, 0.4) is 0 Å². The van der Waals surface area contributed by atoms with Gasteiger partial charge in [0, 0.05) is 40.9 Å². The molecule has 0 radical (unpaired) electrons. The summed E-state index contributed by atoms with van der Waals surface area (Å²) in [4.78, 5) is 18.8. The fourth-order valence-electron chi connectivity index (χ4n) is 4.53. The van der Waals surface area contributed by atoms with E-state index in [1.807, 2.05) is 42.5 Å². The largest absolute Gasteiger partial charge is 0.362 e. The second-order valence-electron chi connectivity index (χ2n) is 8.58. The molecule has 0 aromatic carbocycles. The number of fused-ring (bicyclic) bond motifs is 8. The summed E-state index contributed by atoms with van der Waals surface area (Å²) in [7, 11) is 1.74. The second kappa shape index (κ2) is 8.32. The fraction of sp³-hybridized carbons (Fsp3) is 0.143. The van der Waals surface area contributed by atoms with Gasteiger partial charge in [-0.25, -0.2) is 9.97 Å². The van der Waals surface area contributed by atoms with Crippen LogP contribution in [0.15, 0.2) is 66.9 Å². The summed E-state index contributed by atoms with van der Waals surface area (Å²) in [5, 5.41) is 0. The molecule has 6 heterocycles. The van der Waals surface area contributed by atoms with E-state index in [1.54, 1.807) is 7.11 Å². The van der Waals surface area contributed by atoms with Crippen LogP contribution in [0.2, 0.25) is 0 Å². The molecule has 6 rings (SSSR count). The number of methoxy groups -OCH3 is 1. The molecule has 2 N–H and O–H groups in total. The van der Waals surface area contributed by atoms with Gasteiger partial charge in [0.15, 0.2) is 0 Å². The highest BCUT2D eigenvalue weighted by Crippen LogP contribution is 2.32.